The van der Waals surface area contributed by atoms with Crippen molar-refractivity contribution in [1.29, 1.82) is 0 Å². The number of nitrogens with one attached hydrogen (secondary N) is 2. The van der Waals surface area contributed by atoms with Crippen LogP contribution in [0.3, 0.4) is 0 Å². The van der Waals surface area contributed by atoms with Crippen molar-refractivity contribution in [3.63, 3.8) is 0 Å². The molecule has 2 atom stereocenters. The van der Waals surface area contributed by atoms with E-state index in [1.807, 2.05) is 0 Å². The number of aromatic amines is 1. The number of piperazine rings is 1. The molecule has 1 saturated heterocycles. The lowest BCUT2D eigenvalue weighted by Crippen LogP contribution is -2.50. The number of anilines is 2. The molecule has 0 saturated carbocycles. The summed E-state index contributed by atoms with van der Waals surface area (Å²) >= 11 is 0. The Morgan fingerprint density at radius 2 is 1.71 bits per heavy atom. The van der Waals surface area contributed by atoms with E-state index in [1.54, 1.807) is 14.9 Å². The molecule has 1 aliphatic heterocycles. The summed E-state index contributed by atoms with van der Waals surface area (Å²) in [6.45, 7) is 2.67. The lowest BCUT2D eigenvalue weighted by atomic mass is 10.2. The highest BCUT2D eigenvalue weighted by Gasteiger charge is 2.37. The van der Waals surface area contributed by atoms with Gasteiger partial charge in [0.25, 0.3) is 5.56 Å². The van der Waals surface area contributed by atoms with Crippen molar-refractivity contribution in [3.05, 3.63) is 40.1 Å². The Hall–Kier alpha value is -3.47. The summed E-state index contributed by atoms with van der Waals surface area (Å²) in [5.41, 5.74) is 1.76. The largest absolute Gasteiger partial charge is 0.423 e. The second kappa shape index (κ2) is 11.9. The molecule has 1 amide bonds. The van der Waals surface area contributed by atoms with Crippen LogP contribution in [0, 0.1) is 0 Å². The molecule has 0 radical (unpaired) electrons. The van der Waals surface area contributed by atoms with Gasteiger partial charge in [0.05, 0.1) is 30.7 Å². The van der Waals surface area contributed by atoms with E-state index < -0.39 is 46.8 Å². The van der Waals surface area contributed by atoms with Gasteiger partial charge in [0.15, 0.2) is 0 Å². The Balaban J connectivity index is 1.40. The van der Waals surface area contributed by atoms with Gasteiger partial charge in [0.1, 0.15) is 5.56 Å². The average molecular weight is 552 g/mol. The normalized spacial score (nSPS) is 16.3. The Morgan fingerprint density at radius 1 is 1.08 bits per heavy atom. The molecule has 0 aliphatic carbocycles. The first-order valence-electron chi connectivity index (χ1n) is 11.4. The van der Waals surface area contributed by atoms with Crippen LogP contribution in [0.15, 0.2) is 23.4 Å². The maximum absolute atomic E-state index is 13.1. The fourth-order valence-corrected chi connectivity index (χ4v) is 3.69. The van der Waals surface area contributed by atoms with E-state index in [-0.39, 0.29) is 31.5 Å². The van der Waals surface area contributed by atoms with Gasteiger partial charge >= 0.3 is 12.4 Å². The van der Waals surface area contributed by atoms with Crippen LogP contribution in [0.2, 0.25) is 0 Å². The third kappa shape index (κ3) is 7.77. The number of nitrogens with two attached hydrogens (primary N) is 1. The molecule has 11 nitrogen and oxygen atoms in total. The summed E-state index contributed by atoms with van der Waals surface area (Å²) in [6, 6.07) is -1.32. The standard InChI is InChI=1S/C21H26F6N8O3/c1-12(32-15-9-31-33-18(37)17(15)21(25,26)27)10-38-11-14(28)6-16(36)34-2-4-35(5-3-34)19-29-7-13(8-30-19)20(22,23)24/h7-9,12,14H,2-6,10-11,28H2,1H3,(H2,32,33,37)/t12-,14?/m0/s1. The Bertz CT molecular complexity index is 1130. The molecule has 0 bridgehead atoms. The van der Waals surface area contributed by atoms with Gasteiger partial charge in [-0.05, 0) is 6.92 Å². The second-order valence-corrected chi connectivity index (χ2v) is 8.67. The maximum atomic E-state index is 13.1. The van der Waals surface area contributed by atoms with Gasteiger partial charge in [0, 0.05) is 57.1 Å². The van der Waals surface area contributed by atoms with E-state index in [0.717, 1.165) is 6.20 Å². The number of nitrogens with zero attached hydrogens (tertiary/aromatic N) is 5. The highest BCUT2D eigenvalue weighted by atomic mass is 19.4. The number of hydrogen-bond donors (Lipinski definition) is 3. The predicted molar refractivity (Wildman–Crippen MR) is 122 cm³/mol. The number of alkyl halides is 6. The molecule has 3 rings (SSSR count). The molecule has 1 fully saturated rings. The van der Waals surface area contributed by atoms with Gasteiger partial charge in [-0.3, -0.25) is 9.59 Å². The van der Waals surface area contributed by atoms with Crippen LogP contribution in [-0.2, 0) is 21.9 Å². The minimum absolute atomic E-state index is 0.0448. The van der Waals surface area contributed by atoms with Crippen molar-refractivity contribution in [1.82, 2.24) is 25.1 Å². The van der Waals surface area contributed by atoms with E-state index in [4.69, 9.17) is 10.5 Å². The zero-order valence-corrected chi connectivity index (χ0v) is 20.1. The van der Waals surface area contributed by atoms with Gasteiger partial charge in [0.2, 0.25) is 11.9 Å². The van der Waals surface area contributed by atoms with Crippen LogP contribution in [0.25, 0.3) is 0 Å². The van der Waals surface area contributed by atoms with Crippen molar-refractivity contribution in [2.24, 2.45) is 5.73 Å². The van der Waals surface area contributed by atoms with Gasteiger partial charge in [-0.1, -0.05) is 0 Å². The molecule has 1 unspecified atom stereocenters. The quantitative estimate of drug-likeness (QED) is 0.395. The van der Waals surface area contributed by atoms with Crippen LogP contribution in [0.1, 0.15) is 24.5 Å². The monoisotopic (exact) mass is 552 g/mol. The predicted octanol–water partition coefficient (Wildman–Crippen LogP) is 1.48. The van der Waals surface area contributed by atoms with Crippen LogP contribution < -0.4 is 21.5 Å². The molecule has 2 aromatic rings. The zero-order chi connectivity index (χ0) is 28.1. The number of amides is 1. The van der Waals surface area contributed by atoms with Crippen molar-refractivity contribution in [2.75, 3.05) is 49.6 Å². The molecular formula is C21H26F6N8O3. The fourth-order valence-electron chi connectivity index (χ4n) is 3.69. The van der Waals surface area contributed by atoms with E-state index >= 15 is 0 Å². The minimum Gasteiger partial charge on any atom is -0.378 e. The number of rotatable bonds is 9. The molecule has 3 heterocycles. The molecular weight excluding hydrogens is 526 g/mol. The first-order valence-corrected chi connectivity index (χ1v) is 11.4. The Morgan fingerprint density at radius 3 is 2.29 bits per heavy atom. The fraction of sp³-hybridized carbons (Fsp3) is 0.571. The average Bonchev–Trinajstić information content (AvgIpc) is 2.83. The lowest BCUT2D eigenvalue weighted by Gasteiger charge is -2.35. The van der Waals surface area contributed by atoms with Crippen molar-refractivity contribution < 1.29 is 35.9 Å². The Labute approximate surface area is 212 Å². The molecule has 0 spiro atoms. The van der Waals surface area contributed by atoms with Crippen molar-refractivity contribution in [2.45, 2.75) is 37.8 Å². The topological polar surface area (TPSA) is 142 Å². The number of hydrogen-bond acceptors (Lipinski definition) is 9. The summed E-state index contributed by atoms with van der Waals surface area (Å²) in [5, 5.41) is 7.66. The number of carbonyl (C=O) groups excluding carboxylic acids is 1. The second-order valence-electron chi connectivity index (χ2n) is 8.67. The van der Waals surface area contributed by atoms with Crippen LogP contribution in [0.4, 0.5) is 38.0 Å². The first-order chi connectivity index (χ1) is 17.8. The number of carbonyl (C=O) groups is 1. The van der Waals surface area contributed by atoms with Gasteiger partial charge in [-0.15, -0.1) is 0 Å². The molecule has 38 heavy (non-hydrogen) atoms. The highest BCUT2D eigenvalue weighted by molar-refractivity contribution is 5.77. The summed E-state index contributed by atoms with van der Waals surface area (Å²) in [5.74, 6) is -0.110. The Kier molecular flexibility index (Phi) is 9.14. The van der Waals surface area contributed by atoms with Crippen LogP contribution >= 0.6 is 0 Å². The van der Waals surface area contributed by atoms with Crippen LogP contribution in [0.5, 0.6) is 0 Å². The van der Waals surface area contributed by atoms with Crippen molar-refractivity contribution >= 4 is 17.5 Å². The SMILES string of the molecule is C[C@@H](COCC(N)CC(=O)N1CCN(c2ncc(C(F)(F)F)cn2)CC1)Nc1cn[nH]c(=O)c1C(F)(F)F. The van der Waals surface area contributed by atoms with Crippen molar-refractivity contribution in [3.8, 4) is 0 Å². The van der Waals surface area contributed by atoms with E-state index in [0.29, 0.717) is 38.6 Å². The zero-order valence-electron chi connectivity index (χ0n) is 20.1. The van der Waals surface area contributed by atoms with Crippen LogP contribution in [-0.4, -0.2) is 82.4 Å². The van der Waals surface area contributed by atoms with E-state index in [2.05, 4.69) is 20.4 Å². The third-order valence-electron chi connectivity index (χ3n) is 5.56. The minimum atomic E-state index is -4.88. The summed E-state index contributed by atoms with van der Waals surface area (Å²) in [4.78, 5) is 34.8. The molecule has 2 aromatic heterocycles. The highest BCUT2D eigenvalue weighted by Crippen LogP contribution is 2.31. The van der Waals surface area contributed by atoms with Gasteiger partial charge in [-0.2, -0.15) is 31.4 Å². The molecule has 4 N–H and O–H groups in total. The molecule has 0 aromatic carbocycles. The number of halogens is 6. The third-order valence-corrected chi connectivity index (χ3v) is 5.56. The number of H-pyrrole nitrogens is 1. The number of ether oxygens (including phenoxy) is 1. The smallest absolute Gasteiger partial charge is 0.378 e. The maximum Gasteiger partial charge on any atom is 0.423 e. The summed E-state index contributed by atoms with van der Waals surface area (Å²) < 4.78 is 82.8. The first kappa shape index (κ1) is 29.1. The molecule has 1 aliphatic rings. The van der Waals surface area contributed by atoms with Gasteiger partial charge in [-0.25, -0.2) is 15.1 Å². The molecule has 17 heteroatoms. The summed E-state index contributed by atoms with van der Waals surface area (Å²) in [6.07, 6.45) is -7.18. The molecule has 210 valence electrons. The van der Waals surface area contributed by atoms with Gasteiger partial charge < -0.3 is 25.6 Å². The van der Waals surface area contributed by atoms with E-state index in [1.165, 1.54) is 6.92 Å². The van der Waals surface area contributed by atoms with E-state index in [9.17, 15) is 35.9 Å². The number of aromatic nitrogens is 4. The lowest BCUT2D eigenvalue weighted by molar-refractivity contribution is -0.139. The summed E-state index contributed by atoms with van der Waals surface area (Å²) in [7, 11) is 0.